The number of carbonyl (C=O) groups is 4. The molecule has 4 atom stereocenters. The maximum atomic E-state index is 12.9. The van der Waals surface area contributed by atoms with Gasteiger partial charge >= 0.3 is 5.97 Å². The van der Waals surface area contributed by atoms with Gasteiger partial charge in [0, 0.05) is 27.4 Å². The van der Waals surface area contributed by atoms with Gasteiger partial charge in [-0.1, -0.05) is 44.0 Å². The van der Waals surface area contributed by atoms with Crippen LogP contribution in [0.5, 0.6) is 0 Å². The highest BCUT2D eigenvalue weighted by Gasteiger charge is 2.52. The van der Waals surface area contributed by atoms with Crippen LogP contribution < -0.4 is 4.90 Å². The third-order valence-electron chi connectivity index (χ3n) is 5.99. The van der Waals surface area contributed by atoms with Gasteiger partial charge in [-0.15, -0.1) is 0 Å². The minimum Gasteiger partial charge on any atom is -0.454 e. The van der Waals surface area contributed by atoms with Crippen LogP contribution in [0.3, 0.4) is 0 Å². The molecule has 34 heavy (non-hydrogen) atoms. The number of nitrogens with zero attached hydrogens (tertiary/aromatic N) is 2. The normalized spacial score (nSPS) is 24.0. The molecule has 9 nitrogen and oxygen atoms in total. The van der Waals surface area contributed by atoms with E-state index in [0.717, 1.165) is 6.07 Å². The monoisotopic (exact) mass is 592 g/mol. The zero-order chi connectivity index (χ0) is 24.6. The van der Waals surface area contributed by atoms with Crippen LogP contribution in [0.15, 0.2) is 48.5 Å². The van der Waals surface area contributed by atoms with Crippen LogP contribution in [0.25, 0.3) is 0 Å². The number of non-ortho nitro benzene ring substituents is 1. The van der Waals surface area contributed by atoms with Gasteiger partial charge in [0.05, 0.1) is 28.0 Å². The number of hydrogen-bond acceptors (Lipinski definition) is 7. The highest BCUT2D eigenvalue weighted by Crippen LogP contribution is 2.44. The van der Waals surface area contributed by atoms with Crippen molar-refractivity contribution in [2.24, 2.45) is 11.8 Å². The maximum Gasteiger partial charge on any atom is 0.338 e. The molecule has 0 N–H and O–H groups in total. The highest BCUT2D eigenvalue weighted by molar-refractivity contribution is 9.12. The van der Waals surface area contributed by atoms with Gasteiger partial charge in [-0.3, -0.25) is 29.4 Å². The number of carbonyl (C=O) groups excluding carboxylic acids is 4. The van der Waals surface area contributed by atoms with Crippen molar-refractivity contribution in [1.29, 1.82) is 0 Å². The Morgan fingerprint density at radius 3 is 2.12 bits per heavy atom. The van der Waals surface area contributed by atoms with Crippen LogP contribution in [-0.4, -0.2) is 44.8 Å². The second-order valence-corrected chi connectivity index (χ2v) is 10.4. The molecule has 0 spiro atoms. The Morgan fingerprint density at radius 1 is 0.971 bits per heavy atom. The Hall–Kier alpha value is -2.92. The number of anilines is 1. The van der Waals surface area contributed by atoms with Gasteiger partial charge in [0.15, 0.2) is 6.61 Å². The number of benzene rings is 2. The molecule has 2 aromatic rings. The first kappa shape index (κ1) is 24.2. The molecule has 1 saturated heterocycles. The average molecular weight is 594 g/mol. The van der Waals surface area contributed by atoms with Crippen molar-refractivity contribution in [2.75, 3.05) is 11.5 Å². The van der Waals surface area contributed by atoms with Crippen molar-refractivity contribution >= 4 is 66.8 Å². The quantitative estimate of drug-likeness (QED) is 0.123. The van der Waals surface area contributed by atoms with Crippen molar-refractivity contribution in [3.05, 3.63) is 69.8 Å². The molecule has 0 radical (unpaired) electrons. The van der Waals surface area contributed by atoms with Crippen LogP contribution in [0, 0.1) is 22.0 Å². The van der Waals surface area contributed by atoms with E-state index in [4.69, 9.17) is 4.74 Å². The first-order valence-electron chi connectivity index (χ1n) is 10.4. The molecule has 2 aliphatic rings. The van der Waals surface area contributed by atoms with E-state index >= 15 is 0 Å². The molecule has 11 heteroatoms. The standard InChI is InChI=1S/C23H18Br2N2O7/c24-18-9-16-17(10-19(18)25)22(30)26(21(16)29)14-6-4-12(5-7-14)23(31)34-11-20(28)13-2-1-3-15(8-13)27(32)33/h1-8,16-19H,9-11H2/t16-,17-,18+,19+/m1/s1. The maximum absolute atomic E-state index is 12.9. The van der Waals surface area contributed by atoms with Crippen molar-refractivity contribution in [2.45, 2.75) is 22.5 Å². The molecule has 2 amide bonds. The lowest BCUT2D eigenvalue weighted by Gasteiger charge is -2.29. The third kappa shape index (κ3) is 4.67. The topological polar surface area (TPSA) is 124 Å². The van der Waals surface area contributed by atoms with Gasteiger partial charge in [0.2, 0.25) is 17.6 Å². The summed E-state index contributed by atoms with van der Waals surface area (Å²) in [4.78, 5) is 62.0. The predicted octanol–water partition coefficient (Wildman–Crippen LogP) is 4.06. The number of ether oxygens (including phenoxy) is 1. The van der Waals surface area contributed by atoms with E-state index in [0.29, 0.717) is 18.5 Å². The summed E-state index contributed by atoms with van der Waals surface area (Å²) >= 11 is 7.11. The molecular weight excluding hydrogens is 576 g/mol. The highest BCUT2D eigenvalue weighted by atomic mass is 79.9. The number of amides is 2. The molecule has 4 rings (SSSR count). The molecule has 1 saturated carbocycles. The Labute approximate surface area is 210 Å². The summed E-state index contributed by atoms with van der Waals surface area (Å²) in [6.45, 7) is -0.588. The van der Waals surface area contributed by atoms with E-state index < -0.39 is 23.3 Å². The fourth-order valence-corrected chi connectivity index (χ4v) is 5.42. The van der Waals surface area contributed by atoms with Crippen molar-refractivity contribution < 1.29 is 28.8 Å². The number of hydrogen-bond donors (Lipinski definition) is 0. The fourth-order valence-electron chi connectivity index (χ4n) is 4.19. The van der Waals surface area contributed by atoms with E-state index in [1.807, 2.05) is 0 Å². The van der Waals surface area contributed by atoms with Crippen molar-refractivity contribution in [1.82, 2.24) is 0 Å². The molecule has 176 valence electrons. The number of rotatable bonds is 6. The number of alkyl halides is 2. The minimum atomic E-state index is -0.776. The van der Waals surface area contributed by atoms with E-state index in [9.17, 15) is 29.3 Å². The number of nitro benzene ring substituents is 1. The molecule has 1 heterocycles. The number of halogens is 2. The van der Waals surface area contributed by atoms with Crippen LogP contribution in [0.2, 0.25) is 0 Å². The third-order valence-corrected chi connectivity index (χ3v) is 8.72. The minimum absolute atomic E-state index is 0.0568. The first-order valence-corrected chi connectivity index (χ1v) is 12.2. The number of nitro groups is 1. The van der Waals surface area contributed by atoms with Crippen LogP contribution >= 0.6 is 31.9 Å². The van der Waals surface area contributed by atoms with Gasteiger partial charge in [-0.2, -0.15) is 0 Å². The fraction of sp³-hybridized carbons (Fsp3) is 0.304. The Bertz CT molecular complexity index is 1160. The summed E-state index contributed by atoms with van der Waals surface area (Å²) in [6.07, 6.45) is 1.12. The summed E-state index contributed by atoms with van der Waals surface area (Å²) in [5.41, 5.74) is 0.317. The van der Waals surface area contributed by atoms with Crippen molar-refractivity contribution in [3.63, 3.8) is 0 Å². The SMILES string of the molecule is O=C(COC(=O)c1ccc(N2C(=O)[C@@H]3C[C@H](Br)[C@@H](Br)C[C@H]3C2=O)cc1)c1cccc([N+](=O)[O-])c1. The summed E-state index contributed by atoms with van der Waals surface area (Å²) in [5.74, 6) is -2.62. The van der Waals surface area contributed by atoms with E-state index in [2.05, 4.69) is 31.9 Å². The van der Waals surface area contributed by atoms with Gasteiger partial charge in [-0.05, 0) is 37.1 Å². The Kier molecular flexibility index (Phi) is 6.94. The van der Waals surface area contributed by atoms with Gasteiger partial charge < -0.3 is 4.74 Å². The Morgan fingerprint density at radius 2 is 1.56 bits per heavy atom. The summed E-state index contributed by atoms with van der Waals surface area (Å²) in [6, 6.07) is 11.0. The van der Waals surface area contributed by atoms with E-state index in [-0.39, 0.29) is 50.1 Å². The summed E-state index contributed by atoms with van der Waals surface area (Å²) in [5, 5.41) is 10.9. The van der Waals surface area contributed by atoms with Crippen LogP contribution in [0.4, 0.5) is 11.4 Å². The molecule has 2 fully saturated rings. The van der Waals surface area contributed by atoms with Gasteiger partial charge in [-0.25, -0.2) is 4.79 Å². The number of Topliss-reactive ketones (excluding diaryl/α,β-unsaturated/α-hetero) is 1. The smallest absolute Gasteiger partial charge is 0.338 e. The molecule has 0 bridgehead atoms. The number of imide groups is 1. The molecule has 2 aromatic carbocycles. The van der Waals surface area contributed by atoms with E-state index in [1.165, 1.54) is 47.4 Å². The molecular formula is C23H18Br2N2O7. The lowest BCUT2D eigenvalue weighted by atomic mass is 9.81. The molecule has 0 unspecified atom stereocenters. The van der Waals surface area contributed by atoms with Crippen LogP contribution in [-0.2, 0) is 14.3 Å². The lowest BCUT2D eigenvalue weighted by Crippen LogP contribution is -2.34. The van der Waals surface area contributed by atoms with E-state index in [1.54, 1.807) is 0 Å². The molecule has 1 aliphatic heterocycles. The number of ketones is 1. The first-order chi connectivity index (χ1) is 16.2. The lowest BCUT2D eigenvalue weighted by molar-refractivity contribution is -0.384. The largest absolute Gasteiger partial charge is 0.454 e. The molecule has 0 aromatic heterocycles. The zero-order valence-electron chi connectivity index (χ0n) is 17.6. The number of fused-ring (bicyclic) bond motifs is 1. The van der Waals surface area contributed by atoms with Crippen LogP contribution in [0.1, 0.15) is 33.6 Å². The second-order valence-electron chi connectivity index (χ2n) is 8.08. The van der Waals surface area contributed by atoms with Crippen molar-refractivity contribution in [3.8, 4) is 0 Å². The zero-order valence-corrected chi connectivity index (χ0v) is 20.7. The van der Waals surface area contributed by atoms with Gasteiger partial charge in [0.1, 0.15) is 0 Å². The molecule has 1 aliphatic carbocycles. The average Bonchev–Trinajstić information content (AvgIpc) is 3.06. The summed E-state index contributed by atoms with van der Waals surface area (Å²) in [7, 11) is 0. The summed E-state index contributed by atoms with van der Waals surface area (Å²) < 4.78 is 5.04. The Balaban J connectivity index is 1.41. The predicted molar refractivity (Wildman–Crippen MR) is 128 cm³/mol. The second kappa shape index (κ2) is 9.75. The number of esters is 1. The van der Waals surface area contributed by atoms with Gasteiger partial charge in [0.25, 0.3) is 5.69 Å².